The molecule has 15 heavy (non-hydrogen) atoms. The number of H-pyrrole nitrogens is 1. The van der Waals surface area contributed by atoms with Crippen LogP contribution in [0.15, 0.2) is 6.33 Å². The molecule has 0 aliphatic heterocycles. The lowest BCUT2D eigenvalue weighted by Gasteiger charge is -2.01. The Hall–Kier alpha value is -1.44. The van der Waals surface area contributed by atoms with Crippen molar-refractivity contribution in [2.24, 2.45) is 0 Å². The van der Waals surface area contributed by atoms with Crippen molar-refractivity contribution >= 4 is 15.7 Å². The lowest BCUT2D eigenvalue weighted by atomic mass is 10.4. The van der Waals surface area contributed by atoms with Crippen molar-refractivity contribution in [2.45, 2.75) is 6.42 Å². The first-order valence-electron chi connectivity index (χ1n) is 4.26. The van der Waals surface area contributed by atoms with Gasteiger partial charge in [0.15, 0.2) is 9.84 Å². The van der Waals surface area contributed by atoms with Gasteiger partial charge in [0.2, 0.25) is 5.91 Å². The zero-order valence-electron chi connectivity index (χ0n) is 8.23. The van der Waals surface area contributed by atoms with E-state index < -0.39 is 21.5 Å². The van der Waals surface area contributed by atoms with Gasteiger partial charge in [-0.1, -0.05) is 0 Å². The largest absolute Gasteiger partial charge is 0.355 e. The Balaban J connectivity index is 2.24. The third-order valence-corrected chi connectivity index (χ3v) is 2.33. The Kier molecular flexibility index (Phi) is 3.78. The molecule has 1 aromatic rings. The van der Waals surface area contributed by atoms with Crippen LogP contribution in [-0.2, 0) is 21.1 Å². The van der Waals surface area contributed by atoms with Crippen LogP contribution in [-0.4, -0.2) is 48.1 Å². The lowest BCUT2D eigenvalue weighted by Crippen LogP contribution is -2.31. The quantitative estimate of drug-likeness (QED) is 0.643. The summed E-state index contributed by atoms with van der Waals surface area (Å²) in [6.45, 7) is 0.337. The molecule has 0 bridgehead atoms. The van der Waals surface area contributed by atoms with Gasteiger partial charge < -0.3 is 5.32 Å². The Bertz CT molecular complexity index is 411. The highest BCUT2D eigenvalue weighted by atomic mass is 32.2. The Morgan fingerprint density at radius 1 is 1.60 bits per heavy atom. The molecule has 1 aromatic heterocycles. The summed E-state index contributed by atoms with van der Waals surface area (Å²) in [6, 6.07) is 0. The van der Waals surface area contributed by atoms with Crippen LogP contribution in [0, 0.1) is 0 Å². The Labute approximate surface area is 87.2 Å². The number of amides is 1. The molecule has 2 N–H and O–H groups in total. The molecule has 0 radical (unpaired) electrons. The molecule has 0 aliphatic carbocycles. The highest BCUT2D eigenvalue weighted by molar-refractivity contribution is 7.91. The number of carbonyl (C=O) groups is 1. The van der Waals surface area contributed by atoms with Crippen molar-refractivity contribution in [3.8, 4) is 0 Å². The average Bonchev–Trinajstić information content (AvgIpc) is 2.53. The molecule has 1 rings (SSSR count). The molecule has 0 fully saturated rings. The number of nitrogens with one attached hydrogen (secondary N) is 2. The zero-order chi connectivity index (χ0) is 11.3. The van der Waals surface area contributed by atoms with Gasteiger partial charge >= 0.3 is 0 Å². The molecule has 0 atom stereocenters. The van der Waals surface area contributed by atoms with Crippen LogP contribution >= 0.6 is 0 Å². The zero-order valence-corrected chi connectivity index (χ0v) is 9.04. The minimum absolute atomic E-state index is 0.337. The van der Waals surface area contributed by atoms with E-state index in [-0.39, 0.29) is 0 Å². The van der Waals surface area contributed by atoms with Crippen LogP contribution in [0.1, 0.15) is 5.82 Å². The van der Waals surface area contributed by atoms with E-state index in [4.69, 9.17) is 0 Å². The molecule has 0 unspecified atom stereocenters. The molecule has 0 saturated heterocycles. The van der Waals surface area contributed by atoms with Crippen LogP contribution < -0.4 is 5.32 Å². The number of carbonyl (C=O) groups excluding carboxylic acids is 1. The van der Waals surface area contributed by atoms with Gasteiger partial charge in [0.1, 0.15) is 17.9 Å². The van der Waals surface area contributed by atoms with Gasteiger partial charge in [0, 0.05) is 19.2 Å². The monoisotopic (exact) mass is 232 g/mol. The van der Waals surface area contributed by atoms with Crippen LogP contribution in [0.3, 0.4) is 0 Å². The second-order valence-corrected chi connectivity index (χ2v) is 5.24. The van der Waals surface area contributed by atoms with Gasteiger partial charge in [-0.3, -0.25) is 9.89 Å². The SMILES string of the molecule is CS(=O)(=O)CC(=O)NCCc1ncn[nH]1. The molecule has 0 aliphatic rings. The molecule has 0 aromatic carbocycles. The summed E-state index contributed by atoms with van der Waals surface area (Å²) in [4.78, 5) is 14.9. The van der Waals surface area contributed by atoms with Crippen molar-refractivity contribution in [3.05, 3.63) is 12.2 Å². The third kappa shape index (κ3) is 5.11. The highest BCUT2D eigenvalue weighted by Gasteiger charge is 2.09. The van der Waals surface area contributed by atoms with Gasteiger partial charge in [-0.05, 0) is 0 Å². The third-order valence-electron chi connectivity index (χ3n) is 1.54. The van der Waals surface area contributed by atoms with E-state index in [9.17, 15) is 13.2 Å². The van der Waals surface area contributed by atoms with Crippen LogP contribution in [0.4, 0.5) is 0 Å². The number of hydrogen-bond acceptors (Lipinski definition) is 5. The first-order chi connectivity index (χ1) is 6.97. The smallest absolute Gasteiger partial charge is 0.235 e. The second kappa shape index (κ2) is 4.87. The fourth-order valence-electron chi connectivity index (χ4n) is 0.961. The number of rotatable bonds is 5. The minimum atomic E-state index is -3.26. The molecule has 1 amide bonds. The van der Waals surface area contributed by atoms with Crippen molar-refractivity contribution in [2.75, 3.05) is 18.6 Å². The van der Waals surface area contributed by atoms with Gasteiger partial charge in [-0.2, -0.15) is 5.10 Å². The second-order valence-electron chi connectivity index (χ2n) is 3.10. The molecular weight excluding hydrogens is 220 g/mol. The number of aromatic nitrogens is 3. The standard InChI is InChI=1S/C7H12N4O3S/c1-15(13,14)4-7(12)8-3-2-6-9-5-10-11-6/h5H,2-4H2,1H3,(H,8,12)(H,9,10,11). The van der Waals surface area contributed by atoms with Crippen LogP contribution in [0.5, 0.6) is 0 Å². The van der Waals surface area contributed by atoms with Gasteiger partial charge in [-0.15, -0.1) is 0 Å². The fourth-order valence-corrected chi connectivity index (χ4v) is 1.54. The number of hydrogen-bond donors (Lipinski definition) is 2. The summed E-state index contributed by atoms with van der Waals surface area (Å²) in [5, 5.41) is 8.73. The van der Waals surface area contributed by atoms with Gasteiger partial charge in [-0.25, -0.2) is 13.4 Å². The summed E-state index contributed by atoms with van der Waals surface area (Å²) in [7, 11) is -3.26. The van der Waals surface area contributed by atoms with E-state index in [2.05, 4.69) is 20.5 Å². The van der Waals surface area contributed by atoms with E-state index >= 15 is 0 Å². The fraction of sp³-hybridized carbons (Fsp3) is 0.571. The molecular formula is C7H12N4O3S. The topological polar surface area (TPSA) is 105 Å². The maximum Gasteiger partial charge on any atom is 0.235 e. The van der Waals surface area contributed by atoms with Crippen LogP contribution in [0.25, 0.3) is 0 Å². The lowest BCUT2D eigenvalue weighted by molar-refractivity contribution is -0.118. The van der Waals surface area contributed by atoms with E-state index in [1.54, 1.807) is 0 Å². The normalized spacial score (nSPS) is 11.3. The summed E-state index contributed by atoms with van der Waals surface area (Å²) in [5.41, 5.74) is 0. The van der Waals surface area contributed by atoms with Crippen molar-refractivity contribution in [3.63, 3.8) is 0 Å². The molecule has 8 heteroatoms. The van der Waals surface area contributed by atoms with Gasteiger partial charge in [0.05, 0.1) is 0 Å². The van der Waals surface area contributed by atoms with Crippen molar-refractivity contribution in [1.29, 1.82) is 0 Å². The average molecular weight is 232 g/mol. The maximum absolute atomic E-state index is 11.1. The Morgan fingerprint density at radius 3 is 2.87 bits per heavy atom. The van der Waals surface area contributed by atoms with E-state index in [0.29, 0.717) is 18.8 Å². The number of sulfone groups is 1. The van der Waals surface area contributed by atoms with E-state index in [0.717, 1.165) is 6.26 Å². The highest BCUT2D eigenvalue weighted by Crippen LogP contribution is 1.86. The molecule has 7 nitrogen and oxygen atoms in total. The first-order valence-corrected chi connectivity index (χ1v) is 6.32. The van der Waals surface area contributed by atoms with Crippen molar-refractivity contribution in [1.82, 2.24) is 20.5 Å². The van der Waals surface area contributed by atoms with E-state index in [1.165, 1.54) is 6.33 Å². The minimum Gasteiger partial charge on any atom is -0.355 e. The molecule has 0 saturated carbocycles. The maximum atomic E-state index is 11.1. The van der Waals surface area contributed by atoms with Crippen molar-refractivity contribution < 1.29 is 13.2 Å². The molecule has 84 valence electrons. The predicted octanol–water partition coefficient (Wildman–Crippen LogP) is -1.49. The number of aromatic amines is 1. The number of nitrogens with zero attached hydrogens (tertiary/aromatic N) is 2. The summed E-state index contributed by atoms with van der Waals surface area (Å²) in [5.74, 6) is -0.338. The van der Waals surface area contributed by atoms with E-state index in [1.807, 2.05) is 0 Å². The van der Waals surface area contributed by atoms with Gasteiger partial charge in [0.25, 0.3) is 0 Å². The summed E-state index contributed by atoms with van der Waals surface area (Å²) >= 11 is 0. The van der Waals surface area contributed by atoms with Crippen LogP contribution in [0.2, 0.25) is 0 Å². The Morgan fingerprint density at radius 2 is 2.33 bits per heavy atom. The molecule has 1 heterocycles. The summed E-state index contributed by atoms with van der Waals surface area (Å²) < 4.78 is 21.5. The molecule has 0 spiro atoms. The predicted molar refractivity (Wildman–Crippen MR) is 52.8 cm³/mol. The first kappa shape index (κ1) is 11.6. The summed E-state index contributed by atoms with van der Waals surface area (Å²) in [6.07, 6.45) is 2.88.